The average Bonchev–Trinajstić information content (AvgIpc) is 2.71. The molecular weight excluding hydrogens is 288 g/mol. The number of esters is 1. The molecule has 1 aliphatic rings. The summed E-state index contributed by atoms with van der Waals surface area (Å²) in [6, 6.07) is -1.38. The first-order valence-electron chi connectivity index (χ1n) is 7.55. The lowest BCUT2D eigenvalue weighted by atomic mass is 10.0. The van der Waals surface area contributed by atoms with Gasteiger partial charge in [0, 0.05) is 6.42 Å². The zero-order chi connectivity index (χ0) is 16.9. The summed E-state index contributed by atoms with van der Waals surface area (Å²) in [6.07, 6.45) is 0.250. The molecule has 0 aromatic carbocycles. The van der Waals surface area contributed by atoms with Crippen molar-refractivity contribution in [3.05, 3.63) is 0 Å². The molecule has 2 N–H and O–H groups in total. The molecule has 1 aliphatic heterocycles. The van der Waals surface area contributed by atoms with Crippen LogP contribution >= 0.6 is 0 Å². The molecule has 0 aliphatic carbocycles. The van der Waals surface area contributed by atoms with Crippen LogP contribution in [0.15, 0.2) is 0 Å². The van der Waals surface area contributed by atoms with Gasteiger partial charge in [0.05, 0.1) is 6.61 Å². The summed E-state index contributed by atoms with van der Waals surface area (Å²) in [5, 5.41) is 5.19. The summed E-state index contributed by atoms with van der Waals surface area (Å²) in [4.78, 5) is 35.6. The molecule has 0 unspecified atom stereocenters. The van der Waals surface area contributed by atoms with Gasteiger partial charge in [-0.15, -0.1) is 0 Å². The van der Waals surface area contributed by atoms with Crippen molar-refractivity contribution in [2.45, 2.75) is 65.1 Å². The van der Waals surface area contributed by atoms with E-state index >= 15 is 0 Å². The number of amides is 2. The Kier molecular flexibility index (Phi) is 6.20. The normalized spacial score (nSPS) is 19.5. The van der Waals surface area contributed by atoms with E-state index in [4.69, 9.17) is 9.47 Å². The molecule has 0 radical (unpaired) electrons. The molecule has 1 heterocycles. The molecule has 2 atom stereocenters. The van der Waals surface area contributed by atoms with Gasteiger partial charge in [0.2, 0.25) is 5.91 Å². The second-order valence-corrected chi connectivity index (χ2v) is 6.85. The predicted octanol–water partition coefficient (Wildman–Crippen LogP) is 1.36. The highest BCUT2D eigenvalue weighted by Crippen LogP contribution is 2.11. The van der Waals surface area contributed by atoms with E-state index in [1.807, 2.05) is 13.8 Å². The Labute approximate surface area is 131 Å². The fourth-order valence-corrected chi connectivity index (χ4v) is 2.05. The Hall–Kier alpha value is -1.79. The fourth-order valence-electron chi connectivity index (χ4n) is 2.05. The van der Waals surface area contributed by atoms with Gasteiger partial charge in [0.15, 0.2) is 0 Å². The van der Waals surface area contributed by atoms with Crippen LogP contribution in [0.5, 0.6) is 0 Å². The molecule has 1 rings (SSSR count). The van der Waals surface area contributed by atoms with Gasteiger partial charge in [-0.1, -0.05) is 13.8 Å². The molecule has 0 spiro atoms. The Morgan fingerprint density at radius 1 is 1.36 bits per heavy atom. The maximum absolute atomic E-state index is 12.3. The number of ether oxygens (including phenoxy) is 2. The number of carbonyl (C=O) groups excluding carboxylic acids is 3. The SMILES string of the molecule is CC(C)C[C@H](NC(=O)OC(C)(C)C)C(=O)N[C@H]1CCOC1=O. The summed E-state index contributed by atoms with van der Waals surface area (Å²) in [5.74, 6) is -0.640. The maximum atomic E-state index is 12.3. The standard InChI is InChI=1S/C15H26N2O5/c1-9(2)8-11(17-14(20)22-15(3,4)5)12(18)16-10-6-7-21-13(10)19/h9-11H,6-8H2,1-5H3,(H,16,18)(H,17,20)/t10-,11-/m0/s1. The minimum Gasteiger partial charge on any atom is -0.464 e. The van der Waals surface area contributed by atoms with Gasteiger partial charge in [-0.3, -0.25) is 4.79 Å². The number of rotatable bonds is 5. The molecule has 2 amide bonds. The summed E-state index contributed by atoms with van der Waals surface area (Å²) in [6.45, 7) is 9.44. The van der Waals surface area contributed by atoms with Crippen LogP contribution in [-0.2, 0) is 19.1 Å². The van der Waals surface area contributed by atoms with E-state index in [9.17, 15) is 14.4 Å². The first-order chi connectivity index (χ1) is 10.1. The highest BCUT2D eigenvalue weighted by Gasteiger charge is 2.32. The van der Waals surface area contributed by atoms with Crippen molar-refractivity contribution < 1.29 is 23.9 Å². The van der Waals surface area contributed by atoms with E-state index in [0.29, 0.717) is 19.4 Å². The van der Waals surface area contributed by atoms with Crippen LogP contribution in [0.25, 0.3) is 0 Å². The molecule has 7 heteroatoms. The largest absolute Gasteiger partial charge is 0.464 e. The Morgan fingerprint density at radius 3 is 2.45 bits per heavy atom. The van der Waals surface area contributed by atoms with Gasteiger partial charge in [-0.25, -0.2) is 9.59 Å². The number of nitrogens with one attached hydrogen (secondary N) is 2. The number of carbonyl (C=O) groups is 3. The quantitative estimate of drug-likeness (QED) is 0.747. The lowest BCUT2D eigenvalue weighted by Crippen LogP contribution is -2.52. The third-order valence-electron chi connectivity index (χ3n) is 2.97. The van der Waals surface area contributed by atoms with Crippen molar-refractivity contribution >= 4 is 18.0 Å². The summed E-state index contributed by atoms with van der Waals surface area (Å²) in [5.41, 5.74) is -0.641. The molecule has 0 saturated carbocycles. The van der Waals surface area contributed by atoms with E-state index < -0.39 is 35.7 Å². The van der Waals surface area contributed by atoms with Crippen molar-refractivity contribution in [2.24, 2.45) is 5.92 Å². The second kappa shape index (κ2) is 7.47. The van der Waals surface area contributed by atoms with Gasteiger partial charge in [0.1, 0.15) is 17.7 Å². The smallest absolute Gasteiger partial charge is 0.408 e. The van der Waals surface area contributed by atoms with Crippen molar-refractivity contribution in [2.75, 3.05) is 6.61 Å². The third-order valence-corrected chi connectivity index (χ3v) is 2.97. The number of cyclic esters (lactones) is 1. The van der Waals surface area contributed by atoms with Crippen LogP contribution in [0.3, 0.4) is 0 Å². The highest BCUT2D eigenvalue weighted by molar-refractivity contribution is 5.90. The molecule has 1 fully saturated rings. The lowest BCUT2D eigenvalue weighted by Gasteiger charge is -2.24. The zero-order valence-electron chi connectivity index (χ0n) is 13.9. The van der Waals surface area contributed by atoms with Crippen molar-refractivity contribution in [1.29, 1.82) is 0 Å². The lowest BCUT2D eigenvalue weighted by molar-refractivity contribution is -0.141. The van der Waals surface area contributed by atoms with Gasteiger partial charge >= 0.3 is 12.1 Å². The van der Waals surface area contributed by atoms with Crippen LogP contribution in [0.4, 0.5) is 4.79 Å². The number of hydrogen-bond donors (Lipinski definition) is 2. The molecule has 7 nitrogen and oxygen atoms in total. The molecule has 22 heavy (non-hydrogen) atoms. The van der Waals surface area contributed by atoms with Gasteiger partial charge in [0.25, 0.3) is 0 Å². The Balaban J connectivity index is 2.64. The first kappa shape index (κ1) is 18.3. The minimum absolute atomic E-state index is 0.196. The summed E-state index contributed by atoms with van der Waals surface area (Å²) >= 11 is 0. The first-order valence-corrected chi connectivity index (χ1v) is 7.55. The number of alkyl carbamates (subject to hydrolysis) is 1. The van der Waals surface area contributed by atoms with Crippen molar-refractivity contribution in [1.82, 2.24) is 10.6 Å². The predicted molar refractivity (Wildman–Crippen MR) is 80.1 cm³/mol. The molecule has 0 aromatic rings. The third kappa shape index (κ3) is 6.32. The van der Waals surface area contributed by atoms with E-state index in [2.05, 4.69) is 10.6 Å². The van der Waals surface area contributed by atoms with E-state index in [1.54, 1.807) is 20.8 Å². The van der Waals surface area contributed by atoms with Gasteiger partial charge < -0.3 is 20.1 Å². The van der Waals surface area contributed by atoms with Crippen LogP contribution in [0.1, 0.15) is 47.5 Å². The topological polar surface area (TPSA) is 93.7 Å². The van der Waals surface area contributed by atoms with E-state index in [1.165, 1.54) is 0 Å². The molecule has 126 valence electrons. The van der Waals surface area contributed by atoms with E-state index in [0.717, 1.165) is 0 Å². The number of hydrogen-bond acceptors (Lipinski definition) is 5. The Bertz CT molecular complexity index is 428. The van der Waals surface area contributed by atoms with Gasteiger partial charge in [-0.2, -0.15) is 0 Å². The van der Waals surface area contributed by atoms with Crippen LogP contribution in [-0.4, -0.2) is 42.3 Å². The molecule has 1 saturated heterocycles. The van der Waals surface area contributed by atoms with Crippen molar-refractivity contribution in [3.8, 4) is 0 Å². The zero-order valence-corrected chi connectivity index (χ0v) is 13.9. The monoisotopic (exact) mass is 314 g/mol. The van der Waals surface area contributed by atoms with Crippen LogP contribution < -0.4 is 10.6 Å². The average molecular weight is 314 g/mol. The Morgan fingerprint density at radius 2 is 2.00 bits per heavy atom. The summed E-state index contributed by atoms with van der Waals surface area (Å²) in [7, 11) is 0. The van der Waals surface area contributed by atoms with E-state index in [-0.39, 0.29) is 5.92 Å². The minimum atomic E-state index is -0.747. The van der Waals surface area contributed by atoms with Gasteiger partial charge in [-0.05, 0) is 33.1 Å². The molecular formula is C15H26N2O5. The molecule has 0 bridgehead atoms. The molecule has 0 aromatic heterocycles. The van der Waals surface area contributed by atoms with Crippen LogP contribution in [0.2, 0.25) is 0 Å². The maximum Gasteiger partial charge on any atom is 0.408 e. The summed E-state index contributed by atoms with van der Waals surface area (Å²) < 4.78 is 9.98. The van der Waals surface area contributed by atoms with Crippen LogP contribution in [0, 0.1) is 5.92 Å². The highest BCUT2D eigenvalue weighted by atomic mass is 16.6. The second-order valence-electron chi connectivity index (χ2n) is 6.85. The fraction of sp³-hybridized carbons (Fsp3) is 0.800. The van der Waals surface area contributed by atoms with Crippen molar-refractivity contribution in [3.63, 3.8) is 0 Å².